The molecule has 3 aromatic rings. The molecule has 0 radical (unpaired) electrons. The molecule has 2 aromatic carbocycles. The summed E-state index contributed by atoms with van der Waals surface area (Å²) in [5, 5.41) is 46.6. The number of carbonyl (C=O) groups excluding carboxylic acids is 4. The van der Waals surface area contributed by atoms with Crippen LogP contribution in [0.2, 0.25) is 0 Å². The summed E-state index contributed by atoms with van der Waals surface area (Å²) in [5.41, 5.74) is 1.33. The number of nitrogens with one attached hydrogen (secondary N) is 3. The average molecular weight is 1070 g/mol. The summed E-state index contributed by atoms with van der Waals surface area (Å²) < 4.78 is 50.8. The Bertz CT molecular complexity index is 2540. The molecule has 3 saturated heterocycles. The van der Waals surface area contributed by atoms with Crippen LogP contribution >= 0.6 is 0 Å². The van der Waals surface area contributed by atoms with Crippen LogP contribution in [0, 0.1) is 33.8 Å². The van der Waals surface area contributed by atoms with Crippen LogP contribution in [0.3, 0.4) is 0 Å². The number of ketones is 1. The van der Waals surface area contributed by atoms with Gasteiger partial charge in [0.1, 0.15) is 35.0 Å². The zero-order chi connectivity index (χ0) is 56.4. The maximum atomic E-state index is 14.6. The van der Waals surface area contributed by atoms with Crippen molar-refractivity contribution in [2.75, 3.05) is 28.3 Å². The Morgan fingerprint density at radius 3 is 2.22 bits per heavy atom. The smallest absolute Gasteiger partial charge is 0.426 e. The molecule has 23 heteroatoms. The summed E-state index contributed by atoms with van der Waals surface area (Å²) in [4.78, 5) is 75.8. The second-order valence-corrected chi connectivity index (χ2v) is 21.7. The van der Waals surface area contributed by atoms with Gasteiger partial charge < -0.3 is 63.1 Å². The number of benzene rings is 2. The van der Waals surface area contributed by atoms with E-state index in [0.29, 0.717) is 28.8 Å². The molecule has 6 N–H and O–H groups in total. The van der Waals surface area contributed by atoms with Gasteiger partial charge in [0.2, 0.25) is 0 Å². The number of carbonyl (C=O) groups is 4. The zero-order valence-corrected chi connectivity index (χ0v) is 45.9. The van der Waals surface area contributed by atoms with Gasteiger partial charge in [0.05, 0.1) is 58.0 Å². The second kappa shape index (κ2) is 24.2. The van der Waals surface area contributed by atoms with Crippen molar-refractivity contribution in [3.05, 3.63) is 58.1 Å². The van der Waals surface area contributed by atoms with E-state index in [1.165, 1.54) is 58.4 Å². The number of amides is 2. The second-order valence-electron chi connectivity index (χ2n) is 21.7. The third kappa shape index (κ3) is 12.9. The number of fused-ring (bicyclic) bond motifs is 1. The molecule has 76 heavy (non-hydrogen) atoms. The number of aliphatic hydroxyl groups is 3. The fraction of sp³-hybridized carbons (Fsp3) is 0.679. The lowest BCUT2D eigenvalue weighted by Gasteiger charge is -2.50. The molecule has 4 heterocycles. The van der Waals surface area contributed by atoms with Gasteiger partial charge in [-0.2, -0.15) is 0 Å². The number of ether oxygens (including phenoxy) is 8. The highest BCUT2D eigenvalue weighted by Crippen LogP contribution is 2.42. The third-order valence-corrected chi connectivity index (χ3v) is 15.8. The Balaban J connectivity index is 1.25. The number of esters is 1. The lowest BCUT2D eigenvalue weighted by Crippen LogP contribution is -2.62. The topological polar surface area (TPSA) is 302 Å². The number of H-pyrrole nitrogens is 1. The van der Waals surface area contributed by atoms with Gasteiger partial charge in [0.25, 0.3) is 11.6 Å². The van der Waals surface area contributed by atoms with E-state index in [1.54, 1.807) is 60.6 Å². The molecular weight excluding hydrogens is 993 g/mol. The number of imidazole rings is 1. The maximum Gasteiger partial charge on any atom is 0.426 e. The maximum absolute atomic E-state index is 14.6. The number of methoxy groups -OCH3 is 2. The lowest BCUT2D eigenvalue weighted by atomic mass is 9.74. The predicted molar refractivity (Wildman–Crippen MR) is 274 cm³/mol. The molecule has 0 aliphatic carbocycles. The quantitative estimate of drug-likeness (QED) is 0.0792. The first kappa shape index (κ1) is 60.0. The van der Waals surface area contributed by atoms with E-state index >= 15 is 0 Å². The number of aliphatic hydroxyl groups excluding tert-OH is 2. The number of aromatic amines is 1. The van der Waals surface area contributed by atoms with Crippen molar-refractivity contribution < 1.29 is 77.3 Å². The van der Waals surface area contributed by atoms with Crippen LogP contribution in [0.15, 0.2) is 42.5 Å². The number of nitro groups is 1. The molecule has 1 aromatic heterocycles. The first-order chi connectivity index (χ1) is 35.6. The normalized spacial score (nSPS) is 37.0. The Hall–Kier alpha value is -5.21. The number of aromatic nitrogens is 2. The van der Waals surface area contributed by atoms with Crippen LogP contribution in [0.5, 0.6) is 0 Å². The Labute approximate surface area is 443 Å². The molecule has 0 unspecified atom stereocenters. The monoisotopic (exact) mass is 1070 g/mol. The number of hydrogen-bond acceptors (Lipinski definition) is 19. The molecular formula is C53H78N6O17. The molecule has 3 aliphatic rings. The number of cyclic esters (lactones) is 1. The van der Waals surface area contributed by atoms with Gasteiger partial charge in [0.15, 0.2) is 18.7 Å². The van der Waals surface area contributed by atoms with E-state index in [0.717, 1.165) is 0 Å². The third-order valence-electron chi connectivity index (χ3n) is 15.8. The highest BCUT2D eigenvalue weighted by molar-refractivity contribution is 5.98. The van der Waals surface area contributed by atoms with Gasteiger partial charge in [-0.15, -0.1) is 0 Å². The van der Waals surface area contributed by atoms with Gasteiger partial charge in [-0.1, -0.05) is 39.8 Å². The fourth-order valence-corrected chi connectivity index (χ4v) is 11.2. The SMILES string of the molecule is CC[C@H]1OC(=O)[C@H](C)[C@@H](O[C@H]2C[C@@](C)(OC)[C@@H](OC(=O)NNC(=O)c3ccc4nc(-c5cccc([N+](=O)[O-])c5)[nH]c4c3)[C@H](C)O2)[C@H](C)[C@@H](O[C@@H]2O[C@H](C)C[C@H](N(C)C)[C@H]2O)[C@](C)(OC)C[C@@H](C)C(=O)[C@H](C)[C@@H](O)[C@]1(C)O. The molecule has 3 fully saturated rings. The number of Topliss-reactive ketones (excluding diaryl/α,β-unsaturated/α-hetero) is 1. The molecule has 23 nitrogen and oxygen atoms in total. The predicted octanol–water partition coefficient (Wildman–Crippen LogP) is 4.97. The van der Waals surface area contributed by atoms with Crippen LogP contribution in [-0.2, 0) is 47.5 Å². The van der Waals surface area contributed by atoms with Crippen molar-refractivity contribution in [1.29, 1.82) is 0 Å². The van der Waals surface area contributed by atoms with Gasteiger partial charge in [-0.05, 0) is 93.1 Å². The number of nitrogens with zero attached hydrogens (tertiary/aromatic N) is 3. The number of hydrazine groups is 1. The van der Waals surface area contributed by atoms with Gasteiger partial charge in [0, 0.05) is 67.7 Å². The molecule has 6 rings (SSSR count). The molecule has 0 spiro atoms. The van der Waals surface area contributed by atoms with E-state index in [2.05, 4.69) is 20.8 Å². The molecule has 3 aliphatic heterocycles. The van der Waals surface area contributed by atoms with Crippen LogP contribution in [-0.4, -0.2) is 171 Å². The standard InChI is InChI=1S/C53H78N6O17/c1-15-38-53(10,66)43(62)28(4)40(60)26(2)24-51(8,69-13)44(75-49-41(61)37(58(11)12)21-27(3)71-49)29(5)42(30(6)48(64)73-38)74-39-25-52(9,70-14)45(31(7)72-39)76-50(65)57-56-47(63)33-19-20-35-36(23-33)55-46(54-35)32-17-16-18-34(22-32)59(67)68/h16-20,22-23,26-31,37-39,41-45,49,61-62,66H,15,21,24-25H2,1-14H3,(H,54,55)(H,56,63)(H,57,65)/t26-,27-,28+,29+,30-,31+,37+,38-,39+,41-,42+,43-,44-,45+,49+,51-,52-,53-/m1/s1. The molecule has 422 valence electrons. The van der Waals surface area contributed by atoms with Gasteiger partial charge in [-0.25, -0.2) is 15.2 Å². The van der Waals surface area contributed by atoms with Crippen LogP contribution in [0.4, 0.5) is 10.5 Å². The first-order valence-electron chi connectivity index (χ1n) is 25.8. The summed E-state index contributed by atoms with van der Waals surface area (Å²) in [6, 6.07) is 10.2. The molecule has 0 bridgehead atoms. The van der Waals surface area contributed by atoms with E-state index in [-0.39, 0.29) is 48.4 Å². The summed E-state index contributed by atoms with van der Waals surface area (Å²) in [6.07, 6.45) is -11.5. The van der Waals surface area contributed by atoms with Gasteiger partial charge >= 0.3 is 12.1 Å². The number of non-ortho nitro benzene ring substituents is 1. The Kier molecular flexibility index (Phi) is 19.1. The molecule has 18 atom stereocenters. The number of hydrogen-bond donors (Lipinski definition) is 6. The van der Waals surface area contributed by atoms with E-state index in [1.807, 2.05) is 25.9 Å². The van der Waals surface area contributed by atoms with Crippen molar-refractivity contribution in [3.63, 3.8) is 0 Å². The van der Waals surface area contributed by atoms with Crippen molar-refractivity contribution in [1.82, 2.24) is 25.7 Å². The number of rotatable bonds is 12. The van der Waals surface area contributed by atoms with Crippen molar-refractivity contribution >= 4 is 40.5 Å². The number of nitro benzene ring substituents is 1. The van der Waals surface area contributed by atoms with Gasteiger partial charge in [-0.3, -0.25) is 29.9 Å². The Morgan fingerprint density at radius 2 is 1.59 bits per heavy atom. The van der Waals surface area contributed by atoms with E-state index < -0.39 is 119 Å². The van der Waals surface area contributed by atoms with Crippen molar-refractivity contribution in [2.24, 2.45) is 23.7 Å². The summed E-state index contributed by atoms with van der Waals surface area (Å²) in [5.74, 6) is -5.39. The average Bonchev–Trinajstić information content (AvgIpc) is 3.82. The van der Waals surface area contributed by atoms with Crippen molar-refractivity contribution in [3.8, 4) is 11.4 Å². The largest absolute Gasteiger partial charge is 0.459 e. The highest BCUT2D eigenvalue weighted by Gasteiger charge is 2.55. The summed E-state index contributed by atoms with van der Waals surface area (Å²) in [7, 11) is 6.58. The minimum atomic E-state index is -2.06. The van der Waals surface area contributed by atoms with Crippen LogP contribution in [0.25, 0.3) is 22.4 Å². The zero-order valence-electron chi connectivity index (χ0n) is 45.9. The number of likely N-dealkylation sites (N-methyl/N-ethyl adjacent to an activating group) is 1. The first-order valence-corrected chi connectivity index (χ1v) is 25.8. The fourth-order valence-electron chi connectivity index (χ4n) is 11.2. The lowest BCUT2D eigenvalue weighted by molar-refractivity contribution is -0.384. The van der Waals surface area contributed by atoms with Crippen LogP contribution < -0.4 is 10.9 Å². The Morgan fingerprint density at radius 1 is 0.921 bits per heavy atom. The minimum Gasteiger partial charge on any atom is -0.459 e. The highest BCUT2D eigenvalue weighted by atomic mass is 16.7. The van der Waals surface area contributed by atoms with Crippen LogP contribution in [0.1, 0.15) is 105 Å². The molecule has 2 amide bonds. The van der Waals surface area contributed by atoms with E-state index in [4.69, 9.17) is 37.9 Å². The molecule has 0 saturated carbocycles. The van der Waals surface area contributed by atoms with Crippen molar-refractivity contribution in [2.45, 2.75) is 179 Å². The summed E-state index contributed by atoms with van der Waals surface area (Å²) in [6.45, 7) is 16.6. The minimum absolute atomic E-state index is 0.0279. The van der Waals surface area contributed by atoms with E-state index in [9.17, 15) is 44.6 Å². The summed E-state index contributed by atoms with van der Waals surface area (Å²) >= 11 is 0.